The highest BCUT2D eigenvalue weighted by molar-refractivity contribution is 5.95. The van der Waals surface area contributed by atoms with Crippen LogP contribution in [0.1, 0.15) is 58.3 Å². The first-order valence-electron chi connectivity index (χ1n) is 12.9. The second kappa shape index (κ2) is 11.2. The van der Waals surface area contributed by atoms with E-state index in [9.17, 15) is 19.4 Å². The molecule has 0 saturated carbocycles. The quantitative estimate of drug-likeness (QED) is 0.270. The Bertz CT molecular complexity index is 1440. The largest absolute Gasteiger partial charge is 0.367 e. The van der Waals surface area contributed by atoms with Gasteiger partial charge in [0.05, 0.1) is 6.04 Å². The maximum Gasteiger partial charge on any atom is 0.251 e. The van der Waals surface area contributed by atoms with E-state index in [-0.39, 0.29) is 11.7 Å². The van der Waals surface area contributed by atoms with Gasteiger partial charge in [0.15, 0.2) is 6.29 Å². The van der Waals surface area contributed by atoms with Crippen LogP contribution in [0.4, 0.5) is 10.1 Å². The number of hydrogen-bond donors (Lipinski definition) is 3. The average molecular weight is 511 g/mol. The third kappa shape index (κ3) is 5.47. The normalized spacial score (nSPS) is 13.8. The first-order valence-corrected chi connectivity index (χ1v) is 12.9. The maximum absolute atomic E-state index is 14.1. The zero-order chi connectivity index (χ0) is 26.6. The van der Waals surface area contributed by atoms with Crippen molar-refractivity contribution in [1.82, 2.24) is 5.32 Å². The van der Waals surface area contributed by atoms with Crippen LogP contribution in [0, 0.1) is 5.82 Å². The summed E-state index contributed by atoms with van der Waals surface area (Å²) in [6.45, 7) is 3.43. The summed E-state index contributed by atoms with van der Waals surface area (Å²) in [6.07, 6.45) is 0.365. The smallest absolute Gasteiger partial charge is 0.251 e. The molecule has 0 aromatic heterocycles. The van der Waals surface area contributed by atoms with E-state index in [4.69, 9.17) is 0 Å². The van der Waals surface area contributed by atoms with Gasteiger partial charge >= 0.3 is 0 Å². The summed E-state index contributed by atoms with van der Waals surface area (Å²) < 4.78 is 14.1. The number of nitrogens with one attached hydrogen (secondary N) is 1. The van der Waals surface area contributed by atoms with Crippen LogP contribution >= 0.6 is 0 Å². The molecule has 4 aromatic carbocycles. The zero-order valence-corrected chi connectivity index (χ0v) is 21.3. The number of carbonyl (C=O) groups is 1. The second-order valence-electron chi connectivity index (χ2n) is 9.74. The van der Waals surface area contributed by atoms with Crippen LogP contribution < -0.4 is 10.2 Å². The summed E-state index contributed by atoms with van der Waals surface area (Å²) in [7, 11) is 0. The molecule has 38 heavy (non-hydrogen) atoms. The van der Waals surface area contributed by atoms with Crippen LogP contribution in [0.2, 0.25) is 0 Å². The van der Waals surface area contributed by atoms with E-state index in [1.807, 2.05) is 42.5 Å². The van der Waals surface area contributed by atoms with Gasteiger partial charge in [-0.15, -0.1) is 0 Å². The lowest BCUT2D eigenvalue weighted by Crippen LogP contribution is -2.30. The predicted molar refractivity (Wildman–Crippen MR) is 147 cm³/mol. The molecule has 1 aliphatic rings. The predicted octanol–water partition coefficient (Wildman–Crippen LogP) is 5.92. The number of aliphatic hydroxyl groups is 2. The summed E-state index contributed by atoms with van der Waals surface area (Å²) in [5, 5.41) is 22.3. The topological polar surface area (TPSA) is 72.8 Å². The van der Waals surface area contributed by atoms with E-state index in [1.165, 1.54) is 6.07 Å². The Morgan fingerprint density at radius 1 is 0.947 bits per heavy atom. The zero-order valence-electron chi connectivity index (χ0n) is 21.3. The highest BCUT2D eigenvalue weighted by atomic mass is 19.1. The van der Waals surface area contributed by atoms with Crippen LogP contribution in [0.3, 0.4) is 0 Å². The SMILES string of the molecule is C[C@H](NC(=O)c1ccc2c(c1)CCCN2Cc1ccc(-c2ccccc2C(O)O)cc1)c1ccccc1F. The number of halogens is 1. The number of benzene rings is 4. The minimum atomic E-state index is -1.52. The Morgan fingerprint density at radius 3 is 2.39 bits per heavy atom. The van der Waals surface area contributed by atoms with Crippen molar-refractivity contribution in [3.05, 3.63) is 125 Å². The minimum Gasteiger partial charge on any atom is -0.367 e. The Kier molecular flexibility index (Phi) is 7.54. The number of hydrogen-bond acceptors (Lipinski definition) is 4. The molecule has 5 rings (SSSR count). The molecule has 1 heterocycles. The first-order chi connectivity index (χ1) is 18.4. The summed E-state index contributed by atoms with van der Waals surface area (Å²) in [4.78, 5) is 15.3. The van der Waals surface area contributed by atoms with Crippen molar-refractivity contribution in [2.75, 3.05) is 11.4 Å². The van der Waals surface area contributed by atoms with Crippen molar-refractivity contribution in [2.45, 2.75) is 38.6 Å². The van der Waals surface area contributed by atoms with E-state index in [0.29, 0.717) is 16.7 Å². The third-order valence-electron chi connectivity index (χ3n) is 7.15. The van der Waals surface area contributed by atoms with Gasteiger partial charge in [-0.3, -0.25) is 4.79 Å². The number of rotatable bonds is 7. The fourth-order valence-corrected chi connectivity index (χ4v) is 5.16. The molecule has 3 N–H and O–H groups in total. The molecular formula is C32H31FN2O3. The lowest BCUT2D eigenvalue weighted by Gasteiger charge is -2.32. The minimum absolute atomic E-state index is 0.218. The number of fused-ring (bicyclic) bond motifs is 1. The average Bonchev–Trinajstić information content (AvgIpc) is 2.93. The number of anilines is 1. The summed E-state index contributed by atoms with van der Waals surface area (Å²) in [6, 6.07) is 27.3. The summed E-state index contributed by atoms with van der Waals surface area (Å²) in [5.74, 6) is -0.547. The molecule has 0 spiro atoms. The van der Waals surface area contributed by atoms with E-state index < -0.39 is 12.3 Å². The number of aliphatic hydroxyl groups excluding tert-OH is 1. The Hall–Kier alpha value is -4.00. The summed E-state index contributed by atoms with van der Waals surface area (Å²) >= 11 is 0. The van der Waals surface area contributed by atoms with E-state index in [2.05, 4.69) is 22.3 Å². The van der Waals surface area contributed by atoms with Crippen molar-refractivity contribution in [2.24, 2.45) is 0 Å². The van der Waals surface area contributed by atoms with Crippen molar-refractivity contribution in [1.29, 1.82) is 0 Å². The molecule has 0 saturated heterocycles. The first kappa shape index (κ1) is 25.6. The molecule has 5 nitrogen and oxygen atoms in total. The molecule has 1 aliphatic heterocycles. The molecule has 0 radical (unpaired) electrons. The van der Waals surface area contributed by atoms with Gasteiger partial charge in [0.2, 0.25) is 0 Å². The number of aryl methyl sites for hydroxylation is 1. The van der Waals surface area contributed by atoms with Crippen LogP contribution in [0.25, 0.3) is 11.1 Å². The molecule has 0 unspecified atom stereocenters. The molecule has 194 valence electrons. The molecule has 4 aromatic rings. The van der Waals surface area contributed by atoms with Crippen molar-refractivity contribution < 1.29 is 19.4 Å². The lowest BCUT2D eigenvalue weighted by atomic mass is 9.96. The molecule has 0 bridgehead atoms. The molecular weight excluding hydrogens is 479 g/mol. The van der Waals surface area contributed by atoms with Crippen LogP contribution in [0.15, 0.2) is 91.0 Å². The van der Waals surface area contributed by atoms with Gasteiger partial charge in [-0.25, -0.2) is 4.39 Å². The highest BCUT2D eigenvalue weighted by Crippen LogP contribution is 2.31. The molecule has 0 aliphatic carbocycles. The van der Waals surface area contributed by atoms with Gasteiger partial charge in [-0.2, -0.15) is 0 Å². The summed E-state index contributed by atoms with van der Waals surface area (Å²) in [5.41, 5.74) is 6.63. The number of amides is 1. The standard InChI is InChI=1S/C32H31FN2O3/c1-21(26-8-4-5-11-29(26)33)34-31(36)25-16-17-30-24(19-25)7-6-18-35(30)20-22-12-14-23(15-13-22)27-9-2-3-10-28(27)32(37)38/h2-5,8-17,19,21,32,37-38H,6-7,18,20H2,1H3,(H,34,36)/t21-/m0/s1. The second-order valence-corrected chi connectivity index (χ2v) is 9.74. The van der Waals surface area contributed by atoms with Crippen molar-refractivity contribution in [3.63, 3.8) is 0 Å². The van der Waals surface area contributed by atoms with Gasteiger partial charge < -0.3 is 20.4 Å². The van der Waals surface area contributed by atoms with Gasteiger partial charge in [0, 0.05) is 35.5 Å². The van der Waals surface area contributed by atoms with E-state index in [0.717, 1.165) is 53.9 Å². The van der Waals surface area contributed by atoms with Crippen LogP contribution in [-0.2, 0) is 13.0 Å². The maximum atomic E-state index is 14.1. The monoisotopic (exact) mass is 510 g/mol. The fraction of sp³-hybridized carbons (Fsp3) is 0.219. The molecule has 1 atom stereocenters. The lowest BCUT2D eigenvalue weighted by molar-refractivity contribution is -0.0420. The van der Waals surface area contributed by atoms with Crippen molar-refractivity contribution >= 4 is 11.6 Å². The number of nitrogens with zero attached hydrogens (tertiary/aromatic N) is 1. The highest BCUT2D eigenvalue weighted by Gasteiger charge is 2.20. The van der Waals surface area contributed by atoms with E-state index >= 15 is 0 Å². The third-order valence-corrected chi connectivity index (χ3v) is 7.15. The van der Waals surface area contributed by atoms with Gasteiger partial charge in [-0.1, -0.05) is 66.7 Å². The van der Waals surface area contributed by atoms with Gasteiger partial charge in [-0.05, 0) is 66.3 Å². The Morgan fingerprint density at radius 2 is 1.66 bits per heavy atom. The van der Waals surface area contributed by atoms with Gasteiger partial charge in [0.1, 0.15) is 5.82 Å². The molecule has 1 amide bonds. The van der Waals surface area contributed by atoms with E-state index in [1.54, 1.807) is 37.3 Å². The van der Waals surface area contributed by atoms with Crippen LogP contribution in [0.5, 0.6) is 0 Å². The fourth-order valence-electron chi connectivity index (χ4n) is 5.16. The van der Waals surface area contributed by atoms with Gasteiger partial charge in [0.25, 0.3) is 5.91 Å². The molecule has 0 fully saturated rings. The molecule has 6 heteroatoms. The Labute approximate surface area is 222 Å². The van der Waals surface area contributed by atoms with Crippen molar-refractivity contribution in [3.8, 4) is 11.1 Å². The number of carbonyl (C=O) groups excluding carboxylic acids is 1. The Balaban J connectivity index is 1.29. The van der Waals surface area contributed by atoms with Crippen LogP contribution in [-0.4, -0.2) is 22.7 Å².